The van der Waals surface area contributed by atoms with Gasteiger partial charge >= 0.3 is 12.0 Å². The summed E-state index contributed by atoms with van der Waals surface area (Å²) in [7, 11) is 5.59. The average molecular weight is 432 g/mol. The molecule has 2 atom stereocenters. The summed E-state index contributed by atoms with van der Waals surface area (Å²) in [4.78, 5) is 41.2. The first-order valence-electron chi connectivity index (χ1n) is 9.45. The number of esters is 1. The van der Waals surface area contributed by atoms with Crippen molar-refractivity contribution in [2.45, 2.75) is 19.2 Å². The zero-order valence-electron chi connectivity index (χ0n) is 17.5. The van der Waals surface area contributed by atoms with Gasteiger partial charge < -0.3 is 21.6 Å². The SMILES string of the molecule is CC(OC(=O)C[N+](C)(C)C)N1C(=O)C(c2ccccc2)N(c2ccccc2)C1=O.[Cl-]. The van der Waals surface area contributed by atoms with Gasteiger partial charge in [-0.25, -0.2) is 14.5 Å². The van der Waals surface area contributed by atoms with Crippen LogP contribution >= 0.6 is 0 Å². The van der Waals surface area contributed by atoms with Crippen LogP contribution in [0.5, 0.6) is 0 Å². The summed E-state index contributed by atoms with van der Waals surface area (Å²) in [5, 5.41) is 0. The minimum absolute atomic E-state index is 0. The van der Waals surface area contributed by atoms with Crippen LogP contribution in [-0.2, 0) is 14.3 Å². The lowest BCUT2D eigenvalue weighted by atomic mass is 10.1. The van der Waals surface area contributed by atoms with Crippen molar-refractivity contribution in [1.82, 2.24) is 4.90 Å². The minimum Gasteiger partial charge on any atom is -1.00 e. The van der Waals surface area contributed by atoms with E-state index in [1.807, 2.05) is 69.7 Å². The Kier molecular flexibility index (Phi) is 7.23. The monoisotopic (exact) mass is 431 g/mol. The van der Waals surface area contributed by atoms with E-state index in [-0.39, 0.29) is 19.0 Å². The van der Waals surface area contributed by atoms with E-state index in [1.165, 1.54) is 4.90 Å². The Labute approximate surface area is 182 Å². The number of urea groups is 1. The van der Waals surface area contributed by atoms with Gasteiger partial charge in [0.25, 0.3) is 5.91 Å². The number of rotatable bonds is 6. The van der Waals surface area contributed by atoms with Gasteiger partial charge in [0.2, 0.25) is 0 Å². The summed E-state index contributed by atoms with van der Waals surface area (Å²) in [6.45, 7) is 1.67. The molecule has 3 rings (SSSR count). The topological polar surface area (TPSA) is 66.9 Å². The van der Waals surface area contributed by atoms with E-state index in [1.54, 1.807) is 19.1 Å². The molecule has 0 bridgehead atoms. The van der Waals surface area contributed by atoms with E-state index < -0.39 is 30.2 Å². The van der Waals surface area contributed by atoms with Crippen molar-refractivity contribution in [2.24, 2.45) is 0 Å². The predicted molar refractivity (Wildman–Crippen MR) is 109 cm³/mol. The normalized spacial score (nSPS) is 17.5. The Morgan fingerprint density at radius 2 is 1.53 bits per heavy atom. The first-order valence-corrected chi connectivity index (χ1v) is 9.45. The first-order chi connectivity index (χ1) is 13.7. The number of hydrogen-bond donors (Lipinski definition) is 0. The summed E-state index contributed by atoms with van der Waals surface area (Å²) >= 11 is 0. The van der Waals surface area contributed by atoms with Crippen molar-refractivity contribution in [1.29, 1.82) is 0 Å². The minimum atomic E-state index is -1.01. The molecule has 2 aromatic rings. The molecule has 3 amide bonds. The average Bonchev–Trinajstić information content (AvgIpc) is 2.92. The number of halogens is 1. The maximum atomic E-state index is 13.3. The molecule has 2 unspecified atom stereocenters. The fourth-order valence-electron chi connectivity index (χ4n) is 3.34. The molecule has 0 spiro atoms. The van der Waals surface area contributed by atoms with Gasteiger partial charge in [-0.05, 0) is 24.6 Å². The van der Waals surface area contributed by atoms with Gasteiger partial charge in [-0.2, -0.15) is 0 Å². The van der Waals surface area contributed by atoms with Crippen LogP contribution in [0.3, 0.4) is 0 Å². The molecule has 2 aromatic carbocycles. The maximum Gasteiger partial charge on any atom is 0.363 e. The van der Waals surface area contributed by atoms with Crippen LogP contribution in [0.4, 0.5) is 10.5 Å². The number of anilines is 1. The molecule has 0 aromatic heterocycles. The van der Waals surface area contributed by atoms with Gasteiger partial charge in [0.05, 0.1) is 21.1 Å². The molecular formula is C22H26ClN3O4. The molecular weight excluding hydrogens is 406 g/mol. The van der Waals surface area contributed by atoms with Crippen LogP contribution in [0.2, 0.25) is 0 Å². The lowest BCUT2D eigenvalue weighted by molar-refractivity contribution is -0.862. The fraction of sp³-hybridized carbons (Fsp3) is 0.318. The number of amides is 3. The van der Waals surface area contributed by atoms with E-state index >= 15 is 0 Å². The summed E-state index contributed by atoms with van der Waals surface area (Å²) < 4.78 is 5.81. The number of para-hydroxylation sites is 1. The summed E-state index contributed by atoms with van der Waals surface area (Å²) in [6, 6.07) is 16.8. The molecule has 8 heteroatoms. The maximum absolute atomic E-state index is 13.3. The fourth-order valence-corrected chi connectivity index (χ4v) is 3.34. The summed E-state index contributed by atoms with van der Waals surface area (Å²) in [5.74, 6) is -0.893. The van der Waals surface area contributed by atoms with Gasteiger partial charge in [-0.15, -0.1) is 0 Å². The molecule has 1 aliphatic heterocycles. The highest BCUT2D eigenvalue weighted by atomic mass is 35.5. The second-order valence-electron chi connectivity index (χ2n) is 8.05. The van der Waals surface area contributed by atoms with Gasteiger partial charge in [-0.3, -0.25) is 9.69 Å². The third kappa shape index (κ3) is 4.98. The molecule has 0 N–H and O–H groups in total. The number of nitrogens with zero attached hydrogens (tertiary/aromatic N) is 3. The van der Waals surface area contributed by atoms with Crippen molar-refractivity contribution in [3.8, 4) is 0 Å². The van der Waals surface area contributed by atoms with Crippen molar-refractivity contribution >= 4 is 23.6 Å². The van der Waals surface area contributed by atoms with E-state index in [4.69, 9.17) is 4.74 Å². The number of imide groups is 1. The molecule has 7 nitrogen and oxygen atoms in total. The Balaban J connectivity index is 0.00000320. The zero-order chi connectivity index (χ0) is 21.2. The Morgan fingerprint density at radius 3 is 2.07 bits per heavy atom. The predicted octanol–water partition coefficient (Wildman–Crippen LogP) is -0.204. The first kappa shape index (κ1) is 23.4. The van der Waals surface area contributed by atoms with Crippen LogP contribution in [0.1, 0.15) is 18.5 Å². The van der Waals surface area contributed by atoms with Gasteiger partial charge in [0.15, 0.2) is 12.8 Å². The van der Waals surface area contributed by atoms with Crippen molar-refractivity contribution in [3.63, 3.8) is 0 Å². The van der Waals surface area contributed by atoms with Crippen LogP contribution in [0.15, 0.2) is 60.7 Å². The number of hydrogen-bond acceptors (Lipinski definition) is 4. The quantitative estimate of drug-likeness (QED) is 0.361. The van der Waals surface area contributed by atoms with Crippen molar-refractivity contribution in [2.75, 3.05) is 32.6 Å². The lowest BCUT2D eigenvalue weighted by Crippen LogP contribution is -3.00. The lowest BCUT2D eigenvalue weighted by Gasteiger charge is -2.26. The second kappa shape index (κ2) is 9.28. The Morgan fingerprint density at radius 1 is 1.00 bits per heavy atom. The Hall–Kier alpha value is -2.90. The number of likely N-dealkylation sites (N-methyl/N-ethyl adjacent to an activating group) is 1. The summed E-state index contributed by atoms with van der Waals surface area (Å²) in [6.07, 6.45) is -1.01. The molecule has 1 heterocycles. The molecule has 0 saturated carbocycles. The molecule has 1 saturated heterocycles. The number of benzene rings is 2. The van der Waals surface area contributed by atoms with E-state index in [2.05, 4.69) is 0 Å². The smallest absolute Gasteiger partial charge is 0.363 e. The molecule has 0 aliphatic carbocycles. The van der Waals surface area contributed by atoms with E-state index in [0.717, 1.165) is 4.90 Å². The van der Waals surface area contributed by atoms with Gasteiger partial charge in [0, 0.05) is 5.69 Å². The largest absolute Gasteiger partial charge is 1.00 e. The molecule has 1 fully saturated rings. The molecule has 160 valence electrons. The highest BCUT2D eigenvalue weighted by Crippen LogP contribution is 2.36. The Bertz CT molecular complexity index is 842. The third-order valence-corrected chi connectivity index (χ3v) is 4.56. The zero-order valence-corrected chi connectivity index (χ0v) is 18.2. The third-order valence-electron chi connectivity index (χ3n) is 4.56. The number of carbonyl (C=O) groups is 3. The molecule has 30 heavy (non-hydrogen) atoms. The highest BCUT2D eigenvalue weighted by molar-refractivity contribution is 6.14. The molecule has 0 radical (unpaired) electrons. The van der Waals surface area contributed by atoms with Crippen LogP contribution in [0, 0.1) is 0 Å². The van der Waals surface area contributed by atoms with E-state index in [9.17, 15) is 14.4 Å². The van der Waals surface area contributed by atoms with E-state index in [0.29, 0.717) is 15.7 Å². The van der Waals surface area contributed by atoms with Crippen LogP contribution in [0.25, 0.3) is 0 Å². The molecule has 1 aliphatic rings. The van der Waals surface area contributed by atoms with Gasteiger partial charge in [0.1, 0.15) is 6.04 Å². The van der Waals surface area contributed by atoms with Gasteiger partial charge in [-0.1, -0.05) is 48.5 Å². The number of carbonyl (C=O) groups excluding carboxylic acids is 3. The number of quaternary nitrogens is 1. The highest BCUT2D eigenvalue weighted by Gasteiger charge is 2.49. The van der Waals surface area contributed by atoms with Crippen LogP contribution in [-0.4, -0.2) is 61.2 Å². The summed E-state index contributed by atoms with van der Waals surface area (Å²) in [5.41, 5.74) is 1.30. The number of ether oxygens (including phenoxy) is 1. The van der Waals surface area contributed by atoms with Crippen molar-refractivity contribution < 1.29 is 36.0 Å². The standard InChI is InChI=1S/C22H26N3O4.ClH/c1-16(29-19(26)15-25(2,3)4)23-21(27)20(17-11-7-5-8-12-17)24(22(23)28)18-13-9-6-10-14-18;/h5-14,16,20H,15H2,1-4H3;1H/q+1;/p-1. The van der Waals surface area contributed by atoms with Crippen molar-refractivity contribution in [3.05, 3.63) is 66.2 Å². The second-order valence-corrected chi connectivity index (χ2v) is 8.05. The van der Waals surface area contributed by atoms with Crippen LogP contribution < -0.4 is 17.3 Å².